The minimum Gasteiger partial charge on any atom is -0.478 e. The molecule has 1 aliphatic carbocycles. The molecule has 0 unspecified atom stereocenters. The third kappa shape index (κ3) is 3.50. The number of amides is 1. The minimum absolute atomic E-state index is 0.00406. The fraction of sp³-hybridized carbons (Fsp3) is 0.625. The summed E-state index contributed by atoms with van der Waals surface area (Å²) in [6.45, 7) is 4.99. The summed E-state index contributed by atoms with van der Waals surface area (Å²) in [6.07, 6.45) is 3.54. The van der Waals surface area contributed by atoms with Crippen molar-refractivity contribution >= 4 is 11.9 Å². The van der Waals surface area contributed by atoms with Gasteiger partial charge in [-0.3, -0.25) is 4.79 Å². The summed E-state index contributed by atoms with van der Waals surface area (Å²) >= 11 is 0. The highest BCUT2D eigenvalue weighted by Crippen LogP contribution is 2.44. The SMILES string of the molecule is CCOCCC1(C(=O)NCc2cc(C(=O)O)c(C)o2)CCC1. The Hall–Kier alpha value is -1.82. The van der Waals surface area contributed by atoms with Crippen molar-refractivity contribution in [3.05, 3.63) is 23.2 Å². The molecule has 0 saturated heterocycles. The molecule has 0 aliphatic heterocycles. The normalized spacial score (nSPS) is 16.1. The van der Waals surface area contributed by atoms with Crippen LogP contribution < -0.4 is 5.32 Å². The van der Waals surface area contributed by atoms with Gasteiger partial charge in [-0.05, 0) is 39.2 Å². The van der Waals surface area contributed by atoms with E-state index in [-0.39, 0.29) is 23.4 Å². The Bertz CT molecular complexity index is 545. The number of hydrogen-bond donors (Lipinski definition) is 2. The lowest BCUT2D eigenvalue weighted by Gasteiger charge is -2.40. The molecule has 1 amide bonds. The van der Waals surface area contributed by atoms with Gasteiger partial charge in [-0.15, -0.1) is 0 Å². The van der Waals surface area contributed by atoms with Crippen molar-refractivity contribution in [1.29, 1.82) is 0 Å². The van der Waals surface area contributed by atoms with E-state index >= 15 is 0 Å². The van der Waals surface area contributed by atoms with Gasteiger partial charge in [0.25, 0.3) is 0 Å². The van der Waals surface area contributed by atoms with Gasteiger partial charge in [-0.25, -0.2) is 4.79 Å². The maximum Gasteiger partial charge on any atom is 0.339 e. The molecule has 122 valence electrons. The Kier molecular flexibility index (Phi) is 5.24. The van der Waals surface area contributed by atoms with Crippen LogP contribution in [0.4, 0.5) is 0 Å². The molecule has 1 aromatic rings. The van der Waals surface area contributed by atoms with E-state index in [4.69, 9.17) is 14.3 Å². The summed E-state index contributed by atoms with van der Waals surface area (Å²) in [7, 11) is 0. The van der Waals surface area contributed by atoms with Gasteiger partial charge in [-0.2, -0.15) is 0 Å². The van der Waals surface area contributed by atoms with Gasteiger partial charge in [0.05, 0.1) is 12.0 Å². The summed E-state index contributed by atoms with van der Waals surface area (Å²) in [5.41, 5.74) is -0.189. The van der Waals surface area contributed by atoms with E-state index in [1.165, 1.54) is 6.07 Å². The fourth-order valence-corrected chi connectivity index (χ4v) is 2.80. The van der Waals surface area contributed by atoms with Crippen LogP contribution in [0.3, 0.4) is 0 Å². The molecule has 0 aromatic carbocycles. The zero-order valence-corrected chi connectivity index (χ0v) is 13.1. The Morgan fingerprint density at radius 2 is 2.18 bits per heavy atom. The maximum absolute atomic E-state index is 12.4. The van der Waals surface area contributed by atoms with Gasteiger partial charge in [0, 0.05) is 13.2 Å². The van der Waals surface area contributed by atoms with E-state index in [9.17, 15) is 9.59 Å². The lowest BCUT2D eigenvalue weighted by molar-refractivity contribution is -0.138. The Balaban J connectivity index is 1.91. The number of ether oxygens (including phenoxy) is 1. The molecule has 1 heterocycles. The van der Waals surface area contributed by atoms with Gasteiger partial charge in [0.1, 0.15) is 17.1 Å². The van der Waals surface area contributed by atoms with E-state index in [0.717, 1.165) is 25.7 Å². The van der Waals surface area contributed by atoms with Crippen LogP contribution in [0.1, 0.15) is 54.5 Å². The highest BCUT2D eigenvalue weighted by atomic mass is 16.5. The second-order valence-electron chi connectivity index (χ2n) is 5.75. The monoisotopic (exact) mass is 309 g/mol. The molecule has 22 heavy (non-hydrogen) atoms. The molecular weight excluding hydrogens is 286 g/mol. The minimum atomic E-state index is -1.02. The van der Waals surface area contributed by atoms with E-state index < -0.39 is 5.97 Å². The van der Waals surface area contributed by atoms with Crippen molar-refractivity contribution in [2.45, 2.75) is 46.1 Å². The van der Waals surface area contributed by atoms with Crippen LogP contribution in [-0.2, 0) is 16.1 Å². The van der Waals surface area contributed by atoms with E-state index in [1.54, 1.807) is 6.92 Å². The maximum atomic E-state index is 12.4. The number of furan rings is 1. The molecule has 2 N–H and O–H groups in total. The van der Waals surface area contributed by atoms with Crippen molar-refractivity contribution < 1.29 is 23.8 Å². The van der Waals surface area contributed by atoms with Crippen molar-refractivity contribution in [3.8, 4) is 0 Å². The van der Waals surface area contributed by atoms with Crippen LogP contribution in [-0.4, -0.2) is 30.2 Å². The van der Waals surface area contributed by atoms with Gasteiger partial charge < -0.3 is 19.6 Å². The van der Waals surface area contributed by atoms with E-state index in [1.807, 2.05) is 6.92 Å². The molecule has 0 atom stereocenters. The fourth-order valence-electron chi connectivity index (χ4n) is 2.80. The first-order chi connectivity index (χ1) is 10.5. The quantitative estimate of drug-likeness (QED) is 0.720. The number of aryl methyl sites for hydroxylation is 1. The van der Waals surface area contributed by atoms with Gasteiger partial charge >= 0.3 is 5.97 Å². The molecule has 1 fully saturated rings. The lowest BCUT2D eigenvalue weighted by Crippen LogP contribution is -2.46. The topological polar surface area (TPSA) is 88.8 Å². The number of rotatable bonds is 8. The van der Waals surface area contributed by atoms with Crippen LogP contribution in [0.5, 0.6) is 0 Å². The lowest BCUT2D eigenvalue weighted by atomic mass is 9.66. The number of hydrogen-bond acceptors (Lipinski definition) is 4. The van der Waals surface area contributed by atoms with Gasteiger partial charge in [0.2, 0.25) is 5.91 Å². The van der Waals surface area contributed by atoms with Gasteiger partial charge in [0.15, 0.2) is 0 Å². The average molecular weight is 309 g/mol. The third-order valence-electron chi connectivity index (χ3n) is 4.34. The molecule has 0 radical (unpaired) electrons. The van der Waals surface area contributed by atoms with E-state index in [2.05, 4.69) is 5.32 Å². The number of carbonyl (C=O) groups excluding carboxylic acids is 1. The summed E-state index contributed by atoms with van der Waals surface area (Å²) < 4.78 is 10.7. The second-order valence-corrected chi connectivity index (χ2v) is 5.75. The molecule has 0 bridgehead atoms. The standard InChI is InChI=1S/C16H23NO5/c1-3-21-8-7-16(5-4-6-16)15(20)17-10-12-9-13(14(18)19)11(2)22-12/h9H,3-8,10H2,1-2H3,(H,17,20)(H,18,19). The Labute approximate surface area is 129 Å². The number of nitrogens with one attached hydrogen (secondary N) is 1. The van der Waals surface area contributed by atoms with E-state index in [0.29, 0.717) is 24.7 Å². The van der Waals surface area contributed by atoms with Crippen LogP contribution in [0, 0.1) is 12.3 Å². The van der Waals surface area contributed by atoms with Crippen molar-refractivity contribution in [2.24, 2.45) is 5.41 Å². The first-order valence-corrected chi connectivity index (χ1v) is 7.67. The van der Waals surface area contributed by atoms with Crippen molar-refractivity contribution in [1.82, 2.24) is 5.32 Å². The predicted molar refractivity (Wildman–Crippen MR) is 79.6 cm³/mol. The Morgan fingerprint density at radius 1 is 1.45 bits per heavy atom. The molecule has 0 spiro atoms. The largest absolute Gasteiger partial charge is 0.478 e. The number of aromatic carboxylic acids is 1. The first kappa shape index (κ1) is 16.5. The summed E-state index contributed by atoms with van der Waals surface area (Å²) in [5, 5.41) is 11.9. The molecule has 2 rings (SSSR count). The van der Waals surface area contributed by atoms with Crippen LogP contribution in [0.15, 0.2) is 10.5 Å². The molecule has 1 aromatic heterocycles. The Morgan fingerprint density at radius 3 is 2.68 bits per heavy atom. The predicted octanol–water partition coefficient (Wildman–Crippen LogP) is 2.50. The van der Waals surface area contributed by atoms with Crippen LogP contribution in [0.2, 0.25) is 0 Å². The zero-order valence-electron chi connectivity index (χ0n) is 13.1. The van der Waals surface area contributed by atoms with Crippen molar-refractivity contribution in [3.63, 3.8) is 0 Å². The molecule has 1 saturated carbocycles. The van der Waals surface area contributed by atoms with Crippen molar-refractivity contribution in [2.75, 3.05) is 13.2 Å². The number of carboxylic acids is 1. The molecule has 6 nitrogen and oxygen atoms in total. The van der Waals surface area contributed by atoms with Crippen LogP contribution in [0.25, 0.3) is 0 Å². The highest BCUT2D eigenvalue weighted by molar-refractivity contribution is 5.89. The zero-order chi connectivity index (χ0) is 16.2. The summed E-state index contributed by atoms with van der Waals surface area (Å²) in [6, 6.07) is 1.46. The smallest absolute Gasteiger partial charge is 0.339 e. The molecule has 1 aliphatic rings. The first-order valence-electron chi connectivity index (χ1n) is 7.67. The second kappa shape index (κ2) is 6.96. The van der Waals surface area contributed by atoms with Gasteiger partial charge in [-0.1, -0.05) is 6.42 Å². The molecular formula is C16H23NO5. The average Bonchev–Trinajstić information content (AvgIpc) is 2.80. The van der Waals surface area contributed by atoms with Crippen LogP contribution >= 0.6 is 0 Å². The summed E-state index contributed by atoms with van der Waals surface area (Å²) in [4.78, 5) is 23.4. The highest BCUT2D eigenvalue weighted by Gasteiger charge is 2.43. The number of carboxylic acid groups (broad SMARTS) is 1. The summed E-state index contributed by atoms with van der Waals surface area (Å²) in [5.74, 6) is -0.204. The molecule has 6 heteroatoms. The number of carbonyl (C=O) groups is 2. The third-order valence-corrected chi connectivity index (χ3v) is 4.34.